The smallest absolute Gasteiger partial charge is 0.241 e. The highest BCUT2D eigenvalue weighted by atomic mass is 35.5. The molecule has 0 aliphatic carbocycles. The zero-order valence-corrected chi connectivity index (χ0v) is 16.9. The Morgan fingerprint density at radius 1 is 1.15 bits per heavy atom. The predicted octanol–water partition coefficient (Wildman–Crippen LogP) is 3.60. The molecule has 26 heavy (non-hydrogen) atoms. The normalized spacial score (nSPS) is 12.5. The molecule has 2 aromatic rings. The fourth-order valence-corrected chi connectivity index (χ4v) is 3.78. The van der Waals surface area contributed by atoms with Crippen molar-refractivity contribution in [1.82, 2.24) is 5.32 Å². The van der Waals surface area contributed by atoms with Gasteiger partial charge in [0.25, 0.3) is 0 Å². The topological polar surface area (TPSA) is 66.5 Å². The molecule has 0 bridgehead atoms. The summed E-state index contributed by atoms with van der Waals surface area (Å²) in [6.45, 7) is 5.32. The summed E-state index contributed by atoms with van der Waals surface area (Å²) in [5, 5.41) is 3.36. The molecule has 0 heterocycles. The molecule has 1 amide bonds. The average molecular weight is 395 g/mol. The molecule has 0 saturated carbocycles. The van der Waals surface area contributed by atoms with E-state index in [2.05, 4.69) is 5.32 Å². The van der Waals surface area contributed by atoms with Crippen LogP contribution in [0.4, 0.5) is 5.69 Å². The summed E-state index contributed by atoms with van der Waals surface area (Å²) < 4.78 is 25.5. The van der Waals surface area contributed by atoms with E-state index in [9.17, 15) is 13.2 Å². The fraction of sp³-hybridized carbons (Fsp3) is 0.316. The first-order valence-corrected chi connectivity index (χ1v) is 10.4. The van der Waals surface area contributed by atoms with E-state index in [1.54, 1.807) is 25.1 Å². The molecule has 0 aliphatic heterocycles. The van der Waals surface area contributed by atoms with Crippen molar-refractivity contribution in [3.8, 4) is 0 Å². The third-order valence-electron chi connectivity index (χ3n) is 4.07. The molecule has 2 rings (SSSR count). The standard InChI is InChI=1S/C19H23ClN2O3S/c1-13-5-7-16(8-6-13)15(3)21-19(23)12-22(26(4,24)25)18-10-9-17(20)11-14(18)2/h5-11,15H,12H2,1-4H3,(H,21,23). The van der Waals surface area contributed by atoms with Crippen LogP contribution in [0.25, 0.3) is 0 Å². The summed E-state index contributed by atoms with van der Waals surface area (Å²) in [6.07, 6.45) is 1.08. The molecule has 0 spiro atoms. The van der Waals surface area contributed by atoms with Crippen molar-refractivity contribution >= 4 is 33.2 Å². The van der Waals surface area contributed by atoms with E-state index in [0.717, 1.165) is 21.7 Å². The number of benzene rings is 2. The summed E-state index contributed by atoms with van der Waals surface area (Å²) >= 11 is 5.94. The van der Waals surface area contributed by atoms with E-state index in [-0.39, 0.29) is 18.5 Å². The predicted molar refractivity (Wildman–Crippen MR) is 106 cm³/mol. The maximum atomic E-state index is 12.5. The van der Waals surface area contributed by atoms with Gasteiger partial charge in [0.1, 0.15) is 6.54 Å². The van der Waals surface area contributed by atoms with Gasteiger partial charge in [-0.15, -0.1) is 0 Å². The summed E-state index contributed by atoms with van der Waals surface area (Å²) in [7, 11) is -3.63. The second-order valence-electron chi connectivity index (χ2n) is 6.40. The Kier molecular flexibility index (Phi) is 6.31. The first kappa shape index (κ1) is 20.3. The zero-order chi connectivity index (χ0) is 19.5. The molecular formula is C19H23ClN2O3S. The highest BCUT2D eigenvalue weighted by Gasteiger charge is 2.23. The van der Waals surface area contributed by atoms with Gasteiger partial charge in [-0.3, -0.25) is 9.10 Å². The number of nitrogens with one attached hydrogen (secondary N) is 1. The Bertz CT molecular complexity index is 896. The van der Waals surface area contributed by atoms with E-state index >= 15 is 0 Å². The van der Waals surface area contributed by atoms with Gasteiger partial charge in [-0.25, -0.2) is 8.42 Å². The number of nitrogens with zero attached hydrogens (tertiary/aromatic N) is 1. The lowest BCUT2D eigenvalue weighted by Gasteiger charge is -2.25. The quantitative estimate of drug-likeness (QED) is 0.813. The number of hydrogen-bond acceptors (Lipinski definition) is 3. The number of sulfonamides is 1. The second-order valence-corrected chi connectivity index (χ2v) is 8.74. The molecule has 0 saturated heterocycles. The molecule has 2 aromatic carbocycles. The van der Waals surface area contributed by atoms with Crippen molar-refractivity contribution in [1.29, 1.82) is 0 Å². The summed E-state index contributed by atoms with van der Waals surface area (Å²) in [5.74, 6) is -0.377. The molecule has 1 unspecified atom stereocenters. The largest absolute Gasteiger partial charge is 0.348 e. The van der Waals surface area contributed by atoms with E-state index in [0.29, 0.717) is 16.3 Å². The van der Waals surface area contributed by atoms with Crippen LogP contribution in [0.1, 0.15) is 29.7 Å². The molecule has 0 fully saturated rings. The van der Waals surface area contributed by atoms with Crippen LogP contribution >= 0.6 is 11.6 Å². The SMILES string of the molecule is Cc1ccc(C(C)NC(=O)CN(c2ccc(Cl)cc2C)S(C)(=O)=O)cc1. The molecule has 140 valence electrons. The lowest BCUT2D eigenvalue weighted by atomic mass is 10.1. The van der Waals surface area contributed by atoms with Crippen molar-refractivity contribution in [2.24, 2.45) is 0 Å². The Morgan fingerprint density at radius 2 is 1.77 bits per heavy atom. The minimum Gasteiger partial charge on any atom is -0.348 e. The average Bonchev–Trinajstić information content (AvgIpc) is 2.53. The molecule has 5 nitrogen and oxygen atoms in total. The van der Waals surface area contributed by atoms with Crippen molar-refractivity contribution in [3.05, 3.63) is 64.2 Å². The number of carbonyl (C=O) groups excluding carboxylic acids is 1. The molecule has 0 aromatic heterocycles. The highest BCUT2D eigenvalue weighted by molar-refractivity contribution is 7.92. The highest BCUT2D eigenvalue weighted by Crippen LogP contribution is 2.25. The number of carbonyl (C=O) groups is 1. The third-order valence-corrected chi connectivity index (χ3v) is 5.43. The summed E-state index contributed by atoms with van der Waals surface area (Å²) in [6, 6.07) is 12.5. The molecule has 0 aliphatic rings. The van der Waals surface area contributed by atoms with Crippen LogP contribution in [0.15, 0.2) is 42.5 Å². The number of anilines is 1. The van der Waals surface area contributed by atoms with Gasteiger partial charge in [0, 0.05) is 5.02 Å². The monoisotopic (exact) mass is 394 g/mol. The number of aryl methyl sites for hydroxylation is 2. The van der Waals surface area contributed by atoms with Gasteiger partial charge < -0.3 is 5.32 Å². The van der Waals surface area contributed by atoms with Crippen molar-refractivity contribution < 1.29 is 13.2 Å². The fourth-order valence-electron chi connectivity index (χ4n) is 2.64. The molecule has 0 radical (unpaired) electrons. The van der Waals surface area contributed by atoms with E-state index < -0.39 is 10.0 Å². The minimum absolute atomic E-state index is 0.226. The minimum atomic E-state index is -3.63. The van der Waals surface area contributed by atoms with E-state index in [1.165, 1.54) is 0 Å². The van der Waals surface area contributed by atoms with Crippen LogP contribution in [0.3, 0.4) is 0 Å². The molecule has 1 N–H and O–H groups in total. The van der Waals surface area contributed by atoms with Crippen molar-refractivity contribution in [2.45, 2.75) is 26.8 Å². The van der Waals surface area contributed by atoms with Crippen LogP contribution in [0.5, 0.6) is 0 Å². The van der Waals surface area contributed by atoms with Crippen LogP contribution < -0.4 is 9.62 Å². The Balaban J connectivity index is 2.18. The zero-order valence-electron chi connectivity index (χ0n) is 15.3. The van der Waals surface area contributed by atoms with Crippen molar-refractivity contribution in [2.75, 3.05) is 17.1 Å². The lowest BCUT2D eigenvalue weighted by Crippen LogP contribution is -2.41. The first-order valence-electron chi connectivity index (χ1n) is 8.17. The third kappa shape index (κ3) is 5.22. The van der Waals surface area contributed by atoms with Gasteiger partial charge in [0.05, 0.1) is 18.0 Å². The molecular weight excluding hydrogens is 372 g/mol. The van der Waals surface area contributed by atoms with Gasteiger partial charge in [-0.2, -0.15) is 0 Å². The van der Waals surface area contributed by atoms with Crippen LogP contribution in [-0.4, -0.2) is 27.1 Å². The van der Waals surface area contributed by atoms with Crippen LogP contribution in [-0.2, 0) is 14.8 Å². The Labute approximate surface area is 160 Å². The van der Waals surface area contributed by atoms with Gasteiger partial charge in [0.15, 0.2) is 0 Å². The molecule has 7 heteroatoms. The maximum Gasteiger partial charge on any atom is 0.241 e. The molecule has 1 atom stereocenters. The van der Waals surface area contributed by atoms with Crippen molar-refractivity contribution in [3.63, 3.8) is 0 Å². The Hall–Kier alpha value is -2.05. The van der Waals surface area contributed by atoms with E-state index in [1.807, 2.05) is 38.1 Å². The van der Waals surface area contributed by atoms with Gasteiger partial charge >= 0.3 is 0 Å². The van der Waals surface area contributed by atoms with Gasteiger partial charge in [-0.05, 0) is 50.1 Å². The summed E-state index contributed by atoms with van der Waals surface area (Å²) in [5.41, 5.74) is 3.21. The maximum absolute atomic E-state index is 12.5. The van der Waals surface area contributed by atoms with Crippen LogP contribution in [0, 0.1) is 13.8 Å². The lowest BCUT2D eigenvalue weighted by molar-refractivity contribution is -0.120. The Morgan fingerprint density at radius 3 is 2.31 bits per heavy atom. The first-order chi connectivity index (χ1) is 12.1. The van der Waals surface area contributed by atoms with E-state index in [4.69, 9.17) is 11.6 Å². The van der Waals surface area contributed by atoms with Crippen LogP contribution in [0.2, 0.25) is 5.02 Å². The second kappa shape index (κ2) is 8.10. The number of halogens is 1. The number of rotatable bonds is 6. The number of hydrogen-bond donors (Lipinski definition) is 1. The number of amides is 1. The summed E-state index contributed by atoms with van der Waals surface area (Å²) in [4.78, 5) is 12.5. The van der Waals surface area contributed by atoms with Gasteiger partial charge in [-0.1, -0.05) is 41.4 Å². The van der Waals surface area contributed by atoms with Gasteiger partial charge in [0.2, 0.25) is 15.9 Å².